The molecular weight excluding hydrogens is 405 g/mol. The number of nitrogens with two attached hydrogens (primary N) is 1. The van der Waals surface area contributed by atoms with Gasteiger partial charge in [-0.3, -0.25) is 4.99 Å². The number of hydrogen-bond acceptors (Lipinski definition) is 3. The summed E-state index contributed by atoms with van der Waals surface area (Å²) in [5.74, 6) is 1.37. The summed E-state index contributed by atoms with van der Waals surface area (Å²) in [4.78, 5) is 4.45. The Morgan fingerprint density at radius 1 is 1.43 bits per heavy atom. The fourth-order valence-corrected chi connectivity index (χ4v) is 2.60. The fraction of sp³-hybridized carbons (Fsp3) is 0.588. The van der Waals surface area contributed by atoms with Crippen LogP contribution in [0.1, 0.15) is 38.8 Å². The quantitative estimate of drug-likeness (QED) is 0.435. The molecule has 2 rings (SSSR count). The van der Waals surface area contributed by atoms with Crippen molar-refractivity contribution < 1.29 is 9.47 Å². The largest absolute Gasteiger partial charge is 0.493 e. The zero-order valence-electron chi connectivity index (χ0n) is 14.3. The van der Waals surface area contributed by atoms with Crippen LogP contribution in [-0.2, 0) is 4.74 Å². The maximum absolute atomic E-state index is 6.05. The maximum Gasteiger partial charge on any atom is 0.189 e. The van der Waals surface area contributed by atoms with Gasteiger partial charge >= 0.3 is 0 Å². The SMILES string of the molecule is COC(CN=C(N)NC1CCOc2ccccc21)C(C)(C)C.I. The van der Waals surface area contributed by atoms with Gasteiger partial charge in [-0.15, -0.1) is 24.0 Å². The van der Waals surface area contributed by atoms with E-state index in [0.29, 0.717) is 19.1 Å². The highest BCUT2D eigenvalue weighted by molar-refractivity contribution is 14.0. The summed E-state index contributed by atoms with van der Waals surface area (Å²) < 4.78 is 11.2. The van der Waals surface area contributed by atoms with Crippen LogP contribution in [0.2, 0.25) is 0 Å². The van der Waals surface area contributed by atoms with Gasteiger partial charge in [-0.05, 0) is 11.5 Å². The first-order chi connectivity index (χ1) is 10.4. The van der Waals surface area contributed by atoms with Gasteiger partial charge < -0.3 is 20.5 Å². The predicted octanol–water partition coefficient (Wildman–Crippen LogP) is 3.09. The van der Waals surface area contributed by atoms with Crippen molar-refractivity contribution in [3.63, 3.8) is 0 Å². The predicted molar refractivity (Wildman–Crippen MR) is 105 cm³/mol. The Labute approximate surface area is 156 Å². The lowest BCUT2D eigenvalue weighted by atomic mass is 9.89. The van der Waals surface area contributed by atoms with Crippen molar-refractivity contribution in [1.82, 2.24) is 5.32 Å². The van der Waals surface area contributed by atoms with Gasteiger partial charge in [0.05, 0.1) is 25.3 Å². The number of hydrogen-bond donors (Lipinski definition) is 2. The molecule has 1 aromatic carbocycles. The Morgan fingerprint density at radius 2 is 2.13 bits per heavy atom. The third-order valence-electron chi connectivity index (χ3n) is 3.96. The van der Waals surface area contributed by atoms with Crippen LogP contribution in [0, 0.1) is 5.41 Å². The van der Waals surface area contributed by atoms with Crippen LogP contribution >= 0.6 is 24.0 Å². The van der Waals surface area contributed by atoms with Gasteiger partial charge in [0, 0.05) is 19.1 Å². The minimum absolute atomic E-state index is 0. The number of para-hydroxylation sites is 1. The molecule has 23 heavy (non-hydrogen) atoms. The van der Waals surface area contributed by atoms with E-state index in [2.05, 4.69) is 37.1 Å². The molecular formula is C17H28IN3O2. The zero-order valence-corrected chi connectivity index (χ0v) is 16.7. The lowest BCUT2D eigenvalue weighted by Crippen LogP contribution is -2.39. The molecule has 2 unspecified atom stereocenters. The highest BCUT2D eigenvalue weighted by Crippen LogP contribution is 2.31. The standard InChI is InChI=1S/C17H27N3O2.HI/c1-17(2,3)15(21-4)11-19-16(18)20-13-9-10-22-14-8-6-5-7-12(13)14;/h5-8,13,15H,9-11H2,1-4H3,(H3,18,19,20);1H. The molecule has 0 saturated heterocycles. The topological polar surface area (TPSA) is 68.9 Å². The number of ether oxygens (including phenoxy) is 2. The normalized spacial score (nSPS) is 19.1. The molecule has 2 atom stereocenters. The van der Waals surface area contributed by atoms with Crippen molar-refractivity contribution >= 4 is 29.9 Å². The average molecular weight is 433 g/mol. The van der Waals surface area contributed by atoms with Crippen molar-refractivity contribution in [2.45, 2.75) is 39.3 Å². The van der Waals surface area contributed by atoms with Gasteiger partial charge in [0.15, 0.2) is 5.96 Å². The summed E-state index contributed by atoms with van der Waals surface area (Å²) in [5.41, 5.74) is 7.21. The first-order valence-corrected chi connectivity index (χ1v) is 7.73. The Hall–Kier alpha value is -1.02. The Bertz CT molecular complexity index is 529. The number of methoxy groups -OCH3 is 1. The summed E-state index contributed by atoms with van der Waals surface area (Å²) >= 11 is 0. The summed E-state index contributed by atoms with van der Waals surface area (Å²) in [5, 5.41) is 3.30. The average Bonchev–Trinajstić information content (AvgIpc) is 2.47. The minimum atomic E-state index is 0. The number of nitrogens with zero attached hydrogens (tertiary/aromatic N) is 1. The number of halogens is 1. The van der Waals surface area contributed by atoms with Crippen molar-refractivity contribution in [1.29, 1.82) is 0 Å². The third kappa shape index (κ3) is 5.53. The van der Waals surface area contributed by atoms with Gasteiger partial charge in [-0.2, -0.15) is 0 Å². The van der Waals surface area contributed by atoms with E-state index in [1.807, 2.05) is 18.2 Å². The van der Waals surface area contributed by atoms with Gasteiger partial charge in [0.25, 0.3) is 0 Å². The number of benzene rings is 1. The van der Waals surface area contributed by atoms with Crippen LogP contribution in [0.25, 0.3) is 0 Å². The number of guanidine groups is 1. The monoisotopic (exact) mass is 433 g/mol. The molecule has 0 radical (unpaired) electrons. The van der Waals surface area contributed by atoms with E-state index < -0.39 is 0 Å². The van der Waals surface area contributed by atoms with E-state index in [4.69, 9.17) is 15.2 Å². The Balaban J connectivity index is 0.00000264. The van der Waals surface area contributed by atoms with E-state index in [9.17, 15) is 0 Å². The van der Waals surface area contributed by atoms with E-state index in [1.165, 1.54) is 0 Å². The Morgan fingerprint density at radius 3 is 2.78 bits per heavy atom. The molecule has 0 aromatic heterocycles. The molecule has 1 aliphatic rings. The van der Waals surface area contributed by atoms with Gasteiger partial charge in [-0.1, -0.05) is 39.0 Å². The van der Waals surface area contributed by atoms with E-state index >= 15 is 0 Å². The van der Waals surface area contributed by atoms with Crippen molar-refractivity contribution in [3.8, 4) is 5.75 Å². The smallest absolute Gasteiger partial charge is 0.189 e. The highest BCUT2D eigenvalue weighted by atomic mass is 127. The molecule has 1 aromatic rings. The zero-order chi connectivity index (χ0) is 16.2. The van der Waals surface area contributed by atoms with Gasteiger partial charge in [0.1, 0.15) is 5.75 Å². The van der Waals surface area contributed by atoms with Crippen molar-refractivity contribution in [2.75, 3.05) is 20.3 Å². The lowest BCUT2D eigenvalue weighted by Gasteiger charge is -2.29. The summed E-state index contributed by atoms with van der Waals surface area (Å²) in [6.45, 7) is 7.63. The van der Waals surface area contributed by atoms with Crippen LogP contribution in [0.15, 0.2) is 29.3 Å². The molecule has 0 spiro atoms. The molecule has 5 nitrogen and oxygen atoms in total. The molecule has 6 heteroatoms. The summed E-state index contributed by atoms with van der Waals surface area (Å²) in [7, 11) is 1.71. The number of rotatable bonds is 4. The second-order valence-corrected chi connectivity index (χ2v) is 6.69. The number of nitrogens with one attached hydrogen (secondary N) is 1. The van der Waals surface area contributed by atoms with Crippen LogP contribution in [-0.4, -0.2) is 32.3 Å². The number of aliphatic imine (C=N–C) groups is 1. The minimum Gasteiger partial charge on any atom is -0.493 e. The molecule has 0 fully saturated rings. The molecule has 0 saturated carbocycles. The highest BCUT2D eigenvalue weighted by Gasteiger charge is 2.25. The van der Waals surface area contributed by atoms with Gasteiger partial charge in [0.2, 0.25) is 0 Å². The summed E-state index contributed by atoms with van der Waals surface area (Å²) in [6.07, 6.45) is 0.912. The number of fused-ring (bicyclic) bond motifs is 1. The maximum atomic E-state index is 6.05. The van der Waals surface area contributed by atoms with Crippen molar-refractivity contribution in [2.24, 2.45) is 16.1 Å². The van der Waals surface area contributed by atoms with Crippen molar-refractivity contribution in [3.05, 3.63) is 29.8 Å². The van der Waals surface area contributed by atoms with Crippen LogP contribution in [0.3, 0.4) is 0 Å². The molecule has 1 aliphatic heterocycles. The molecule has 0 aliphatic carbocycles. The van der Waals surface area contributed by atoms with E-state index in [0.717, 1.165) is 17.7 Å². The molecule has 0 bridgehead atoms. The first-order valence-electron chi connectivity index (χ1n) is 7.73. The molecule has 1 heterocycles. The molecule has 0 amide bonds. The first kappa shape index (κ1) is 20.0. The van der Waals surface area contributed by atoms with E-state index in [-0.39, 0.29) is 41.5 Å². The second-order valence-electron chi connectivity index (χ2n) is 6.69. The van der Waals surface area contributed by atoms with Crippen LogP contribution in [0.4, 0.5) is 0 Å². The fourth-order valence-electron chi connectivity index (χ4n) is 2.60. The van der Waals surface area contributed by atoms with Crippen LogP contribution in [0.5, 0.6) is 5.75 Å². The molecule has 3 N–H and O–H groups in total. The van der Waals surface area contributed by atoms with E-state index in [1.54, 1.807) is 7.11 Å². The second kappa shape index (κ2) is 8.73. The Kier molecular flexibility index (Phi) is 7.60. The van der Waals surface area contributed by atoms with Gasteiger partial charge in [-0.25, -0.2) is 0 Å². The molecule has 130 valence electrons. The third-order valence-corrected chi connectivity index (χ3v) is 3.96. The van der Waals surface area contributed by atoms with Crippen LogP contribution < -0.4 is 15.8 Å². The summed E-state index contributed by atoms with van der Waals surface area (Å²) in [6, 6.07) is 8.18. The lowest BCUT2D eigenvalue weighted by molar-refractivity contribution is 0.0241.